The molecule has 4 heteroatoms. The minimum absolute atomic E-state index is 0.0700. The normalized spacial score (nSPS) is 10.5. The fourth-order valence-corrected chi connectivity index (χ4v) is 2.53. The van der Waals surface area contributed by atoms with Crippen LogP contribution in [-0.4, -0.2) is 4.92 Å². The smallest absolute Gasteiger partial charge is 0.271 e. The molecule has 3 rings (SSSR count). The maximum atomic E-state index is 11.0. The molecular weight excluding hydrogens is 288 g/mol. The standard InChI is InChI=1S/C19H16N2O2/c22-21(23)18-13-7-12-17(14-18)20-19(15-8-3-1-4-9-15)16-10-5-2-6-11-16/h1-14,19-20H. The summed E-state index contributed by atoms with van der Waals surface area (Å²) in [6.07, 6.45) is 0. The number of nitro groups is 1. The summed E-state index contributed by atoms with van der Waals surface area (Å²) in [4.78, 5) is 10.6. The number of anilines is 1. The lowest BCUT2D eigenvalue weighted by Gasteiger charge is -2.21. The average Bonchev–Trinajstić information content (AvgIpc) is 2.61. The monoisotopic (exact) mass is 304 g/mol. The van der Waals surface area contributed by atoms with E-state index < -0.39 is 0 Å². The van der Waals surface area contributed by atoms with Crippen molar-refractivity contribution < 1.29 is 4.92 Å². The number of rotatable bonds is 5. The third kappa shape index (κ3) is 3.55. The number of nitro benzene ring substituents is 1. The third-order valence-corrected chi connectivity index (χ3v) is 3.63. The summed E-state index contributed by atoms with van der Waals surface area (Å²) in [5.41, 5.74) is 3.00. The van der Waals surface area contributed by atoms with Crippen LogP contribution in [-0.2, 0) is 0 Å². The molecule has 4 nitrogen and oxygen atoms in total. The topological polar surface area (TPSA) is 55.2 Å². The Labute approximate surface area is 134 Å². The molecule has 0 fully saturated rings. The number of nitrogens with one attached hydrogen (secondary N) is 1. The van der Waals surface area contributed by atoms with Crippen molar-refractivity contribution in [3.8, 4) is 0 Å². The van der Waals surface area contributed by atoms with E-state index in [0.717, 1.165) is 16.8 Å². The molecule has 3 aromatic rings. The van der Waals surface area contributed by atoms with E-state index in [1.165, 1.54) is 6.07 Å². The van der Waals surface area contributed by atoms with Gasteiger partial charge in [0.05, 0.1) is 11.0 Å². The van der Waals surface area contributed by atoms with Crippen molar-refractivity contribution in [3.05, 3.63) is 106 Å². The van der Waals surface area contributed by atoms with Crippen LogP contribution in [0.5, 0.6) is 0 Å². The van der Waals surface area contributed by atoms with Crippen molar-refractivity contribution in [3.63, 3.8) is 0 Å². The first-order chi connectivity index (χ1) is 11.2. The Morgan fingerprint density at radius 3 is 1.87 bits per heavy atom. The Hall–Kier alpha value is -3.14. The van der Waals surface area contributed by atoms with Crippen LogP contribution in [0.4, 0.5) is 11.4 Å². The quantitative estimate of drug-likeness (QED) is 0.544. The molecule has 23 heavy (non-hydrogen) atoms. The van der Waals surface area contributed by atoms with E-state index in [1.807, 2.05) is 66.7 Å². The van der Waals surface area contributed by atoms with Gasteiger partial charge < -0.3 is 5.32 Å². The molecule has 0 bridgehead atoms. The second-order valence-corrected chi connectivity index (χ2v) is 5.21. The van der Waals surface area contributed by atoms with Crippen molar-refractivity contribution in [2.45, 2.75) is 6.04 Å². The molecule has 0 aliphatic heterocycles. The van der Waals surface area contributed by atoms with Gasteiger partial charge in [-0.2, -0.15) is 0 Å². The van der Waals surface area contributed by atoms with E-state index in [1.54, 1.807) is 12.1 Å². The predicted molar refractivity (Wildman–Crippen MR) is 91.4 cm³/mol. The van der Waals surface area contributed by atoms with Crippen molar-refractivity contribution in [1.29, 1.82) is 0 Å². The Morgan fingerprint density at radius 1 is 0.783 bits per heavy atom. The number of nitrogens with zero attached hydrogens (tertiary/aromatic N) is 1. The second-order valence-electron chi connectivity index (χ2n) is 5.21. The summed E-state index contributed by atoms with van der Waals surface area (Å²) in [7, 11) is 0. The lowest BCUT2D eigenvalue weighted by Crippen LogP contribution is -2.12. The van der Waals surface area contributed by atoms with Crippen molar-refractivity contribution in [2.24, 2.45) is 0 Å². The van der Waals surface area contributed by atoms with Crippen LogP contribution in [0, 0.1) is 10.1 Å². The molecule has 0 aliphatic carbocycles. The van der Waals surface area contributed by atoms with Crippen LogP contribution in [0.15, 0.2) is 84.9 Å². The SMILES string of the molecule is O=[N+]([O-])c1cccc(NC(c2ccccc2)c2ccccc2)c1. The Bertz CT molecular complexity index is 749. The number of benzene rings is 3. The molecule has 0 saturated carbocycles. The van der Waals surface area contributed by atoms with Crippen LogP contribution in [0.3, 0.4) is 0 Å². The Morgan fingerprint density at radius 2 is 1.35 bits per heavy atom. The van der Waals surface area contributed by atoms with Gasteiger partial charge in [0.1, 0.15) is 0 Å². The van der Waals surface area contributed by atoms with Gasteiger partial charge in [-0.3, -0.25) is 10.1 Å². The minimum Gasteiger partial charge on any atom is -0.374 e. The summed E-state index contributed by atoms with van der Waals surface area (Å²) < 4.78 is 0. The molecule has 0 spiro atoms. The van der Waals surface area contributed by atoms with Gasteiger partial charge >= 0.3 is 0 Å². The van der Waals surface area contributed by atoms with E-state index >= 15 is 0 Å². The summed E-state index contributed by atoms with van der Waals surface area (Å²) in [5.74, 6) is 0. The molecular formula is C19H16N2O2. The lowest BCUT2D eigenvalue weighted by molar-refractivity contribution is -0.384. The highest BCUT2D eigenvalue weighted by atomic mass is 16.6. The van der Waals surface area contributed by atoms with E-state index in [2.05, 4.69) is 5.32 Å². The fraction of sp³-hybridized carbons (Fsp3) is 0.0526. The van der Waals surface area contributed by atoms with Crippen LogP contribution in [0.25, 0.3) is 0 Å². The van der Waals surface area contributed by atoms with Crippen molar-refractivity contribution in [2.75, 3.05) is 5.32 Å². The summed E-state index contributed by atoms with van der Waals surface area (Å²) in [6, 6.07) is 26.6. The minimum atomic E-state index is -0.384. The molecule has 0 unspecified atom stereocenters. The zero-order chi connectivity index (χ0) is 16.1. The highest BCUT2D eigenvalue weighted by Gasteiger charge is 2.15. The zero-order valence-electron chi connectivity index (χ0n) is 12.4. The molecule has 114 valence electrons. The maximum Gasteiger partial charge on any atom is 0.271 e. The first-order valence-corrected chi connectivity index (χ1v) is 7.35. The lowest BCUT2D eigenvalue weighted by atomic mass is 9.98. The van der Waals surface area contributed by atoms with Crippen LogP contribution in [0.1, 0.15) is 17.2 Å². The van der Waals surface area contributed by atoms with E-state index in [4.69, 9.17) is 0 Å². The van der Waals surface area contributed by atoms with Gasteiger partial charge in [-0.15, -0.1) is 0 Å². The van der Waals surface area contributed by atoms with Crippen molar-refractivity contribution >= 4 is 11.4 Å². The van der Waals surface area contributed by atoms with Gasteiger partial charge in [0.15, 0.2) is 0 Å². The van der Waals surface area contributed by atoms with Crippen LogP contribution in [0.2, 0.25) is 0 Å². The predicted octanol–water partition coefficient (Wildman–Crippen LogP) is 4.80. The highest BCUT2D eigenvalue weighted by molar-refractivity contribution is 5.54. The third-order valence-electron chi connectivity index (χ3n) is 3.63. The average molecular weight is 304 g/mol. The zero-order valence-corrected chi connectivity index (χ0v) is 12.4. The van der Waals surface area contributed by atoms with Gasteiger partial charge in [-0.05, 0) is 17.2 Å². The first-order valence-electron chi connectivity index (χ1n) is 7.35. The van der Waals surface area contributed by atoms with Gasteiger partial charge in [-0.1, -0.05) is 66.7 Å². The largest absolute Gasteiger partial charge is 0.374 e. The fourth-order valence-electron chi connectivity index (χ4n) is 2.53. The van der Waals surface area contributed by atoms with Gasteiger partial charge in [-0.25, -0.2) is 0 Å². The second kappa shape index (κ2) is 6.75. The molecule has 0 radical (unpaired) electrons. The van der Waals surface area contributed by atoms with Gasteiger partial charge in [0, 0.05) is 17.8 Å². The highest BCUT2D eigenvalue weighted by Crippen LogP contribution is 2.28. The maximum absolute atomic E-state index is 11.0. The summed E-state index contributed by atoms with van der Waals surface area (Å²) in [6.45, 7) is 0. The molecule has 0 atom stereocenters. The van der Waals surface area contributed by atoms with Gasteiger partial charge in [0.2, 0.25) is 0 Å². The first kappa shape index (κ1) is 14.8. The molecule has 0 heterocycles. The number of hydrogen-bond acceptors (Lipinski definition) is 3. The van der Waals surface area contributed by atoms with Crippen LogP contribution >= 0.6 is 0 Å². The molecule has 0 aromatic heterocycles. The molecule has 3 aromatic carbocycles. The van der Waals surface area contributed by atoms with E-state index in [-0.39, 0.29) is 16.7 Å². The molecule has 0 amide bonds. The van der Waals surface area contributed by atoms with Crippen molar-refractivity contribution in [1.82, 2.24) is 0 Å². The molecule has 1 N–H and O–H groups in total. The number of non-ortho nitro benzene ring substituents is 1. The van der Waals surface area contributed by atoms with E-state index in [9.17, 15) is 10.1 Å². The van der Waals surface area contributed by atoms with E-state index in [0.29, 0.717) is 0 Å². The summed E-state index contributed by atoms with van der Waals surface area (Å²) >= 11 is 0. The Kier molecular flexibility index (Phi) is 4.34. The van der Waals surface area contributed by atoms with Crippen LogP contribution < -0.4 is 5.32 Å². The number of hydrogen-bond donors (Lipinski definition) is 1. The summed E-state index contributed by atoms with van der Waals surface area (Å²) in [5, 5.41) is 14.4. The van der Waals surface area contributed by atoms with Gasteiger partial charge in [0.25, 0.3) is 5.69 Å². The molecule has 0 aliphatic rings. The Balaban J connectivity index is 1.97. The molecule has 0 saturated heterocycles.